The van der Waals surface area contributed by atoms with Crippen LogP contribution in [0.3, 0.4) is 0 Å². The van der Waals surface area contributed by atoms with E-state index in [9.17, 15) is 9.18 Å². The summed E-state index contributed by atoms with van der Waals surface area (Å²) in [4.78, 5) is 12.0. The molecule has 0 unspecified atom stereocenters. The second kappa shape index (κ2) is 6.67. The summed E-state index contributed by atoms with van der Waals surface area (Å²) in [6.07, 6.45) is 1.59. The number of rotatable bonds is 5. The van der Waals surface area contributed by atoms with E-state index < -0.39 is 0 Å². The van der Waals surface area contributed by atoms with Gasteiger partial charge in [-0.3, -0.25) is 4.79 Å². The molecule has 0 bridgehead atoms. The monoisotopic (exact) mass is 290 g/mol. The lowest BCUT2D eigenvalue weighted by molar-refractivity contribution is -0.117. The third-order valence-corrected chi connectivity index (χ3v) is 3.59. The fraction of sp³-hybridized carbons (Fsp3) is 0.235. The number of benzene rings is 2. The van der Waals surface area contributed by atoms with Crippen LogP contribution in [0.25, 0.3) is 0 Å². The molecule has 2 aromatic rings. The van der Waals surface area contributed by atoms with Crippen LogP contribution in [-0.4, -0.2) is 5.78 Å². The Morgan fingerprint density at radius 2 is 1.70 bits per heavy atom. The third kappa shape index (κ3) is 3.91. The molecular formula is C17H16ClFO. The normalized spacial score (nSPS) is 10.6. The van der Waals surface area contributed by atoms with E-state index in [1.807, 2.05) is 24.3 Å². The third-order valence-electron chi connectivity index (χ3n) is 3.24. The Kier molecular flexibility index (Phi) is 4.91. The number of carbonyl (C=O) groups is 1. The van der Waals surface area contributed by atoms with Crippen LogP contribution in [0.1, 0.15) is 23.6 Å². The summed E-state index contributed by atoms with van der Waals surface area (Å²) in [6.45, 7) is 2.09. The lowest BCUT2D eigenvalue weighted by atomic mass is 10.0. The van der Waals surface area contributed by atoms with Gasteiger partial charge in [-0.05, 0) is 35.2 Å². The summed E-state index contributed by atoms with van der Waals surface area (Å²) >= 11 is 5.92. The maximum absolute atomic E-state index is 12.9. The first kappa shape index (κ1) is 14.7. The number of Topliss-reactive ketones (excluding diaryl/α,β-unsaturated/α-hetero) is 1. The van der Waals surface area contributed by atoms with Gasteiger partial charge in [0.25, 0.3) is 0 Å². The molecule has 0 radical (unpaired) electrons. The van der Waals surface area contributed by atoms with Crippen molar-refractivity contribution in [1.82, 2.24) is 0 Å². The highest BCUT2D eigenvalue weighted by molar-refractivity contribution is 6.31. The highest BCUT2D eigenvalue weighted by Crippen LogP contribution is 2.18. The number of hydrogen-bond donors (Lipinski definition) is 0. The van der Waals surface area contributed by atoms with E-state index in [0.29, 0.717) is 17.0 Å². The van der Waals surface area contributed by atoms with Crippen molar-refractivity contribution in [2.24, 2.45) is 0 Å². The molecule has 0 aliphatic rings. The van der Waals surface area contributed by atoms with Crippen LogP contribution in [0.4, 0.5) is 4.39 Å². The number of carbonyl (C=O) groups excluding carboxylic acids is 1. The van der Waals surface area contributed by atoms with E-state index in [0.717, 1.165) is 12.0 Å². The van der Waals surface area contributed by atoms with Crippen molar-refractivity contribution in [3.63, 3.8) is 0 Å². The molecule has 0 heterocycles. The Labute approximate surface area is 123 Å². The molecule has 0 aromatic heterocycles. The van der Waals surface area contributed by atoms with Gasteiger partial charge in [-0.2, -0.15) is 0 Å². The second-order valence-electron chi connectivity index (χ2n) is 4.80. The van der Waals surface area contributed by atoms with Crippen LogP contribution in [0.2, 0.25) is 5.02 Å². The minimum absolute atomic E-state index is 0.0720. The predicted octanol–water partition coefficient (Wildman–Crippen LogP) is 4.40. The van der Waals surface area contributed by atoms with Crippen LogP contribution in [0, 0.1) is 5.82 Å². The summed E-state index contributed by atoms with van der Waals surface area (Å²) in [5, 5.41) is 0.305. The standard InChI is InChI=1S/C17H16ClFO/c1-2-12-3-5-13(6-4-12)9-16(20)10-14-7-8-15(19)11-17(14)18/h3-8,11H,2,9-10H2,1H3. The van der Waals surface area contributed by atoms with Crippen molar-refractivity contribution in [2.75, 3.05) is 0 Å². The Balaban J connectivity index is 2.01. The van der Waals surface area contributed by atoms with Crippen molar-refractivity contribution in [3.05, 3.63) is 70.0 Å². The molecule has 2 rings (SSSR count). The van der Waals surface area contributed by atoms with Crippen molar-refractivity contribution in [2.45, 2.75) is 26.2 Å². The van der Waals surface area contributed by atoms with Crippen LogP contribution < -0.4 is 0 Å². The lowest BCUT2D eigenvalue weighted by Crippen LogP contribution is -2.07. The largest absolute Gasteiger partial charge is 0.299 e. The van der Waals surface area contributed by atoms with Crippen molar-refractivity contribution in [3.8, 4) is 0 Å². The van der Waals surface area contributed by atoms with Crippen molar-refractivity contribution < 1.29 is 9.18 Å². The van der Waals surface area contributed by atoms with Gasteiger partial charge in [-0.1, -0.05) is 48.9 Å². The highest BCUT2D eigenvalue weighted by Gasteiger charge is 2.09. The molecule has 1 nitrogen and oxygen atoms in total. The second-order valence-corrected chi connectivity index (χ2v) is 5.21. The molecule has 0 aliphatic heterocycles. The molecule has 104 valence electrons. The average Bonchev–Trinajstić information content (AvgIpc) is 2.43. The Bertz CT molecular complexity index is 605. The van der Waals surface area contributed by atoms with Crippen LogP contribution in [0.15, 0.2) is 42.5 Å². The van der Waals surface area contributed by atoms with E-state index in [1.165, 1.54) is 17.7 Å². The average molecular weight is 291 g/mol. The highest BCUT2D eigenvalue weighted by atomic mass is 35.5. The smallest absolute Gasteiger partial charge is 0.141 e. The molecule has 0 spiro atoms. The van der Waals surface area contributed by atoms with E-state index >= 15 is 0 Å². The van der Waals surface area contributed by atoms with Gasteiger partial charge in [-0.25, -0.2) is 4.39 Å². The zero-order valence-electron chi connectivity index (χ0n) is 11.3. The Hall–Kier alpha value is -1.67. The predicted molar refractivity (Wildman–Crippen MR) is 79.6 cm³/mol. The van der Waals surface area contributed by atoms with Crippen molar-refractivity contribution in [1.29, 1.82) is 0 Å². The van der Waals surface area contributed by atoms with Crippen LogP contribution in [-0.2, 0) is 24.1 Å². The first-order valence-electron chi connectivity index (χ1n) is 6.62. The van der Waals surface area contributed by atoms with E-state index in [4.69, 9.17) is 11.6 Å². The first-order chi connectivity index (χ1) is 9.58. The summed E-state index contributed by atoms with van der Waals surface area (Å²) in [5.74, 6) is -0.316. The van der Waals surface area contributed by atoms with Gasteiger partial charge in [0.2, 0.25) is 0 Å². The van der Waals surface area contributed by atoms with Crippen molar-refractivity contribution >= 4 is 17.4 Å². The molecule has 2 aromatic carbocycles. The molecule has 3 heteroatoms. The fourth-order valence-electron chi connectivity index (χ4n) is 2.06. The minimum Gasteiger partial charge on any atom is -0.299 e. The van der Waals surface area contributed by atoms with Crippen LogP contribution >= 0.6 is 11.6 Å². The van der Waals surface area contributed by atoms with E-state index in [-0.39, 0.29) is 18.0 Å². The summed E-state index contributed by atoms with van der Waals surface area (Å²) < 4.78 is 12.9. The SMILES string of the molecule is CCc1ccc(CC(=O)Cc2ccc(F)cc2Cl)cc1. The summed E-state index contributed by atoms with van der Waals surface area (Å²) in [5.41, 5.74) is 2.91. The molecule has 0 amide bonds. The first-order valence-corrected chi connectivity index (χ1v) is 6.99. The molecule has 0 aliphatic carbocycles. The van der Waals surface area contributed by atoms with Gasteiger partial charge in [0.05, 0.1) is 0 Å². The topological polar surface area (TPSA) is 17.1 Å². The van der Waals surface area contributed by atoms with Gasteiger partial charge >= 0.3 is 0 Å². The quantitative estimate of drug-likeness (QED) is 0.798. The maximum Gasteiger partial charge on any atom is 0.141 e. The number of aryl methyl sites for hydroxylation is 1. The van der Waals surface area contributed by atoms with E-state index in [1.54, 1.807) is 6.07 Å². The molecule has 0 saturated heterocycles. The lowest BCUT2D eigenvalue weighted by Gasteiger charge is -2.05. The number of ketones is 1. The maximum atomic E-state index is 12.9. The summed E-state index contributed by atoms with van der Waals surface area (Å²) in [7, 11) is 0. The molecule has 0 N–H and O–H groups in total. The zero-order valence-corrected chi connectivity index (χ0v) is 12.1. The van der Waals surface area contributed by atoms with Crippen LogP contribution in [0.5, 0.6) is 0 Å². The summed E-state index contributed by atoms with van der Waals surface area (Å²) in [6, 6.07) is 12.1. The Morgan fingerprint density at radius 1 is 1.05 bits per heavy atom. The van der Waals surface area contributed by atoms with Gasteiger partial charge in [0.15, 0.2) is 0 Å². The molecule has 20 heavy (non-hydrogen) atoms. The number of hydrogen-bond acceptors (Lipinski definition) is 1. The van der Waals surface area contributed by atoms with Gasteiger partial charge in [0, 0.05) is 17.9 Å². The molecular weight excluding hydrogens is 275 g/mol. The van der Waals surface area contributed by atoms with Gasteiger partial charge < -0.3 is 0 Å². The van der Waals surface area contributed by atoms with Gasteiger partial charge in [0.1, 0.15) is 11.6 Å². The Morgan fingerprint density at radius 3 is 2.30 bits per heavy atom. The van der Waals surface area contributed by atoms with Gasteiger partial charge in [-0.15, -0.1) is 0 Å². The fourth-order valence-corrected chi connectivity index (χ4v) is 2.29. The zero-order chi connectivity index (χ0) is 14.5. The van der Waals surface area contributed by atoms with E-state index in [2.05, 4.69) is 6.92 Å². The molecule has 0 fully saturated rings. The molecule has 0 saturated carbocycles. The molecule has 0 atom stereocenters. The minimum atomic E-state index is -0.388. The number of halogens is 2.